The smallest absolute Gasteiger partial charge is 0.469 e. The third-order valence-electron chi connectivity index (χ3n) is 5.46. The van der Waals surface area contributed by atoms with Gasteiger partial charge in [-0.2, -0.15) is 17.5 Å². The van der Waals surface area contributed by atoms with Gasteiger partial charge in [-0.25, -0.2) is 8.42 Å². The van der Waals surface area contributed by atoms with Crippen LogP contribution in [-0.2, 0) is 19.6 Å². The molecule has 2 rings (SSSR count). The summed E-state index contributed by atoms with van der Waals surface area (Å²) in [4.78, 5) is 18.5. The molecule has 1 N–H and O–H groups in total. The molecular formula is C17H29F3N4O4S. The summed E-state index contributed by atoms with van der Waals surface area (Å²) in [7, 11) is -3.90. The number of esters is 1. The molecule has 0 spiro atoms. The number of rotatable bonds is 5. The highest BCUT2D eigenvalue weighted by molar-refractivity contribution is 7.90. The van der Waals surface area contributed by atoms with Crippen LogP contribution in [0.1, 0.15) is 26.7 Å². The summed E-state index contributed by atoms with van der Waals surface area (Å²) in [6, 6.07) is 0. The van der Waals surface area contributed by atoms with Gasteiger partial charge in [0.2, 0.25) is 0 Å². The highest BCUT2D eigenvalue weighted by atomic mass is 32.2. The maximum atomic E-state index is 12.7. The number of carbonyl (C=O) groups excluding carboxylic acids is 1. The van der Waals surface area contributed by atoms with Gasteiger partial charge in [-0.1, -0.05) is 6.92 Å². The molecule has 2 heterocycles. The number of carbonyl (C=O) groups is 1. The van der Waals surface area contributed by atoms with E-state index >= 15 is 0 Å². The van der Waals surface area contributed by atoms with Crippen molar-refractivity contribution in [3.8, 4) is 0 Å². The Morgan fingerprint density at radius 2 is 1.86 bits per heavy atom. The van der Waals surface area contributed by atoms with Gasteiger partial charge in [-0.15, -0.1) is 0 Å². The Labute approximate surface area is 169 Å². The van der Waals surface area contributed by atoms with E-state index in [-0.39, 0.29) is 36.8 Å². The summed E-state index contributed by atoms with van der Waals surface area (Å²) >= 11 is 0. The van der Waals surface area contributed by atoms with E-state index in [1.807, 2.05) is 18.7 Å². The summed E-state index contributed by atoms with van der Waals surface area (Å²) in [5, 5.41) is 3.18. The Morgan fingerprint density at radius 3 is 2.38 bits per heavy atom. The van der Waals surface area contributed by atoms with Crippen LogP contribution in [0.3, 0.4) is 0 Å². The molecule has 12 heteroatoms. The number of aliphatic imine (C=N–C) groups is 1. The van der Waals surface area contributed by atoms with Crippen molar-refractivity contribution in [3.63, 3.8) is 0 Å². The maximum Gasteiger partial charge on any atom is 0.511 e. The Hall–Kier alpha value is -1.56. The number of ether oxygens (including phenoxy) is 1. The van der Waals surface area contributed by atoms with Crippen molar-refractivity contribution in [2.75, 3.05) is 46.4 Å². The number of guanidine groups is 1. The van der Waals surface area contributed by atoms with E-state index in [0.717, 1.165) is 0 Å². The van der Waals surface area contributed by atoms with Crippen LogP contribution in [0.5, 0.6) is 0 Å². The van der Waals surface area contributed by atoms with E-state index in [1.165, 1.54) is 7.11 Å². The number of alkyl halides is 3. The molecule has 0 aromatic carbocycles. The van der Waals surface area contributed by atoms with Gasteiger partial charge in [0.1, 0.15) is 0 Å². The third kappa shape index (κ3) is 5.53. The molecule has 0 saturated carbocycles. The fourth-order valence-electron chi connectivity index (χ4n) is 3.72. The molecule has 0 aliphatic carbocycles. The van der Waals surface area contributed by atoms with E-state index in [9.17, 15) is 26.4 Å². The molecule has 168 valence electrons. The first-order valence-corrected chi connectivity index (χ1v) is 11.1. The molecule has 2 atom stereocenters. The molecule has 29 heavy (non-hydrogen) atoms. The van der Waals surface area contributed by atoms with Crippen molar-refractivity contribution in [1.82, 2.24) is 14.5 Å². The van der Waals surface area contributed by atoms with Crippen LogP contribution in [0.4, 0.5) is 13.2 Å². The zero-order chi connectivity index (χ0) is 21.8. The third-order valence-corrected chi connectivity index (χ3v) is 7.09. The molecule has 2 aliphatic heterocycles. The van der Waals surface area contributed by atoms with Crippen LogP contribution >= 0.6 is 0 Å². The summed E-state index contributed by atoms with van der Waals surface area (Å²) in [5.74, 6) is 0.270. The molecule has 8 nitrogen and oxygen atoms in total. The summed E-state index contributed by atoms with van der Waals surface area (Å²) < 4.78 is 66.4. The minimum atomic E-state index is -5.27. The number of piperidine rings is 1. The molecule has 0 aromatic heterocycles. The average molecular weight is 443 g/mol. The highest BCUT2D eigenvalue weighted by Crippen LogP contribution is 2.30. The molecule has 0 amide bonds. The predicted octanol–water partition coefficient (Wildman–Crippen LogP) is 1.25. The quantitative estimate of drug-likeness (QED) is 0.392. The monoisotopic (exact) mass is 442 g/mol. The lowest BCUT2D eigenvalue weighted by atomic mass is 9.98. The van der Waals surface area contributed by atoms with Gasteiger partial charge in [-0.05, 0) is 31.6 Å². The van der Waals surface area contributed by atoms with Gasteiger partial charge in [-0.3, -0.25) is 9.79 Å². The van der Waals surface area contributed by atoms with Gasteiger partial charge in [0.15, 0.2) is 5.96 Å². The standard InChI is InChI=1S/C17H29F3N4O4S/c1-4-21-16(23-10-12(2)14(11-23)15(25)28-3)22-9-13-5-7-24(8-6-13)29(26,27)17(18,19)20/h12-14H,4-11H2,1-3H3,(H,21,22). The molecule has 2 unspecified atom stereocenters. The Bertz CT molecular complexity index is 706. The fourth-order valence-corrected chi connectivity index (χ4v) is 4.70. The zero-order valence-corrected chi connectivity index (χ0v) is 17.7. The Kier molecular flexibility index (Phi) is 7.77. The molecular weight excluding hydrogens is 413 g/mol. The Morgan fingerprint density at radius 1 is 1.24 bits per heavy atom. The highest BCUT2D eigenvalue weighted by Gasteiger charge is 2.50. The number of halogens is 3. The van der Waals surface area contributed by atoms with E-state index in [0.29, 0.717) is 49.3 Å². The predicted molar refractivity (Wildman–Crippen MR) is 101 cm³/mol. The van der Waals surface area contributed by atoms with E-state index < -0.39 is 15.5 Å². The van der Waals surface area contributed by atoms with Crippen molar-refractivity contribution in [3.05, 3.63) is 0 Å². The van der Waals surface area contributed by atoms with E-state index in [4.69, 9.17) is 4.74 Å². The summed E-state index contributed by atoms with van der Waals surface area (Å²) in [6.07, 6.45) is 0.638. The number of hydrogen-bond donors (Lipinski definition) is 1. The van der Waals surface area contributed by atoms with E-state index in [2.05, 4.69) is 10.3 Å². The zero-order valence-electron chi connectivity index (χ0n) is 16.9. The normalized spacial score (nSPS) is 25.3. The average Bonchev–Trinajstić information content (AvgIpc) is 3.05. The van der Waals surface area contributed by atoms with Gasteiger partial charge in [0, 0.05) is 39.3 Å². The number of hydrogen-bond acceptors (Lipinski definition) is 5. The second kappa shape index (κ2) is 9.50. The second-order valence-corrected chi connectivity index (χ2v) is 9.43. The maximum absolute atomic E-state index is 12.7. The lowest BCUT2D eigenvalue weighted by Crippen LogP contribution is -2.45. The summed E-state index contributed by atoms with van der Waals surface area (Å²) in [5.41, 5.74) is -5.27. The lowest BCUT2D eigenvalue weighted by molar-refractivity contribution is -0.146. The minimum absolute atomic E-state index is 0.000213. The molecule has 0 bridgehead atoms. The van der Waals surface area contributed by atoms with Crippen LogP contribution in [-0.4, -0.2) is 81.4 Å². The first kappa shape index (κ1) is 23.7. The molecule has 2 aliphatic rings. The largest absolute Gasteiger partial charge is 0.511 e. The number of nitrogens with zero attached hydrogens (tertiary/aromatic N) is 3. The molecule has 0 radical (unpaired) electrons. The van der Waals surface area contributed by atoms with Gasteiger partial charge in [0.05, 0.1) is 13.0 Å². The van der Waals surface area contributed by atoms with Crippen LogP contribution in [0, 0.1) is 17.8 Å². The minimum Gasteiger partial charge on any atom is -0.469 e. The molecule has 2 fully saturated rings. The van der Waals surface area contributed by atoms with Crippen molar-refractivity contribution in [2.24, 2.45) is 22.7 Å². The topological polar surface area (TPSA) is 91.3 Å². The van der Waals surface area contributed by atoms with Crippen LogP contribution in [0.15, 0.2) is 4.99 Å². The van der Waals surface area contributed by atoms with E-state index in [1.54, 1.807) is 0 Å². The molecule has 2 saturated heterocycles. The number of methoxy groups -OCH3 is 1. The molecule has 0 aromatic rings. The lowest BCUT2D eigenvalue weighted by Gasteiger charge is -2.31. The van der Waals surface area contributed by atoms with Crippen LogP contribution < -0.4 is 5.32 Å². The van der Waals surface area contributed by atoms with Crippen molar-refractivity contribution >= 4 is 22.0 Å². The SMILES string of the molecule is CCNC(=NCC1CCN(S(=O)(=O)C(F)(F)F)CC1)N1CC(C)C(C(=O)OC)C1. The van der Waals surface area contributed by atoms with Crippen LogP contribution in [0.2, 0.25) is 0 Å². The van der Waals surface area contributed by atoms with Gasteiger partial charge in [0.25, 0.3) is 0 Å². The number of sulfonamides is 1. The number of nitrogens with one attached hydrogen (secondary N) is 1. The fraction of sp³-hybridized carbons (Fsp3) is 0.882. The van der Waals surface area contributed by atoms with Crippen molar-refractivity contribution in [1.29, 1.82) is 0 Å². The van der Waals surface area contributed by atoms with Crippen molar-refractivity contribution < 1.29 is 31.1 Å². The second-order valence-electron chi connectivity index (χ2n) is 7.50. The van der Waals surface area contributed by atoms with Gasteiger partial charge < -0.3 is 15.0 Å². The number of likely N-dealkylation sites (tertiary alicyclic amines) is 1. The first-order chi connectivity index (χ1) is 13.5. The van der Waals surface area contributed by atoms with Crippen molar-refractivity contribution in [2.45, 2.75) is 32.2 Å². The first-order valence-electron chi connectivity index (χ1n) is 9.68. The van der Waals surface area contributed by atoms with Crippen LogP contribution in [0.25, 0.3) is 0 Å². The van der Waals surface area contributed by atoms with Gasteiger partial charge >= 0.3 is 21.5 Å². The summed E-state index contributed by atoms with van der Waals surface area (Å²) in [6.45, 7) is 5.73. The Balaban J connectivity index is 1.96.